The predicted molar refractivity (Wildman–Crippen MR) is 90.0 cm³/mol. The Morgan fingerprint density at radius 2 is 1.86 bits per heavy atom. The maximum Gasteiger partial charge on any atom is 0.410 e. The topological polar surface area (TPSA) is 41.6 Å². The van der Waals surface area contributed by atoms with Crippen molar-refractivity contribution in [3.8, 4) is 0 Å². The van der Waals surface area contributed by atoms with Crippen LogP contribution in [0.3, 0.4) is 0 Å². The summed E-state index contributed by atoms with van der Waals surface area (Å²) in [4.78, 5) is 14.2. The van der Waals surface area contributed by atoms with Crippen LogP contribution in [0.25, 0.3) is 0 Å². The van der Waals surface area contributed by atoms with Gasteiger partial charge in [0.15, 0.2) is 0 Å². The lowest BCUT2D eigenvalue weighted by Crippen LogP contribution is -2.43. The van der Waals surface area contributed by atoms with E-state index in [9.17, 15) is 4.79 Å². The molecule has 2 saturated carbocycles. The number of ether oxygens (including phenoxy) is 1. The summed E-state index contributed by atoms with van der Waals surface area (Å²) < 4.78 is 5.54. The molecule has 2 fully saturated rings. The fourth-order valence-electron chi connectivity index (χ4n) is 3.21. The monoisotopic (exact) mass is 310 g/mol. The van der Waals surface area contributed by atoms with Gasteiger partial charge in [-0.05, 0) is 58.8 Å². The molecule has 2 aliphatic carbocycles. The summed E-state index contributed by atoms with van der Waals surface area (Å²) >= 11 is 0. The molecule has 0 aromatic rings. The first-order chi connectivity index (χ1) is 10.3. The van der Waals surface area contributed by atoms with Gasteiger partial charge in [0.05, 0.1) is 0 Å². The molecule has 0 radical (unpaired) electrons. The van der Waals surface area contributed by atoms with Crippen molar-refractivity contribution in [2.75, 3.05) is 13.1 Å². The van der Waals surface area contributed by atoms with E-state index < -0.39 is 5.60 Å². The Kier molecular flexibility index (Phi) is 6.13. The molecule has 2 unspecified atom stereocenters. The Bertz CT molecular complexity index is 361. The highest BCUT2D eigenvalue weighted by atomic mass is 16.6. The zero-order valence-corrected chi connectivity index (χ0v) is 14.9. The van der Waals surface area contributed by atoms with Gasteiger partial charge in [0, 0.05) is 25.2 Å². The minimum absolute atomic E-state index is 0.147. The van der Waals surface area contributed by atoms with Crippen molar-refractivity contribution in [1.29, 1.82) is 0 Å². The molecule has 4 nitrogen and oxygen atoms in total. The Balaban J connectivity index is 1.74. The molecule has 0 spiro atoms. The van der Waals surface area contributed by atoms with Gasteiger partial charge in [-0.1, -0.05) is 19.8 Å². The molecular formula is C18H34N2O2. The largest absolute Gasteiger partial charge is 0.444 e. The molecule has 1 N–H and O–H groups in total. The van der Waals surface area contributed by atoms with Crippen LogP contribution in [0, 0.1) is 5.92 Å². The smallest absolute Gasteiger partial charge is 0.410 e. The van der Waals surface area contributed by atoms with E-state index in [1.165, 1.54) is 32.1 Å². The van der Waals surface area contributed by atoms with E-state index in [-0.39, 0.29) is 6.09 Å². The summed E-state index contributed by atoms with van der Waals surface area (Å²) in [6.45, 7) is 9.81. The van der Waals surface area contributed by atoms with Crippen molar-refractivity contribution in [2.45, 2.75) is 90.3 Å². The molecule has 2 atom stereocenters. The highest BCUT2D eigenvalue weighted by molar-refractivity contribution is 5.69. The van der Waals surface area contributed by atoms with Crippen molar-refractivity contribution >= 4 is 6.09 Å². The summed E-state index contributed by atoms with van der Waals surface area (Å²) in [7, 11) is 0. The van der Waals surface area contributed by atoms with Crippen LogP contribution in [0.15, 0.2) is 0 Å². The molecule has 0 aromatic carbocycles. The summed E-state index contributed by atoms with van der Waals surface area (Å²) in [5.41, 5.74) is -0.408. The molecule has 1 amide bonds. The van der Waals surface area contributed by atoms with Crippen LogP contribution in [0.5, 0.6) is 0 Å². The van der Waals surface area contributed by atoms with E-state index in [4.69, 9.17) is 4.74 Å². The maximum absolute atomic E-state index is 12.3. The number of carbonyl (C=O) groups excluding carboxylic acids is 1. The van der Waals surface area contributed by atoms with Crippen molar-refractivity contribution in [2.24, 2.45) is 5.92 Å². The van der Waals surface area contributed by atoms with Gasteiger partial charge >= 0.3 is 6.09 Å². The third-order valence-corrected chi connectivity index (χ3v) is 4.66. The first-order valence-electron chi connectivity index (χ1n) is 9.08. The first kappa shape index (κ1) is 17.6. The number of rotatable bonds is 5. The van der Waals surface area contributed by atoms with Gasteiger partial charge in [-0.15, -0.1) is 0 Å². The molecule has 0 bridgehead atoms. The van der Waals surface area contributed by atoms with Crippen molar-refractivity contribution in [1.82, 2.24) is 10.2 Å². The van der Waals surface area contributed by atoms with Crippen molar-refractivity contribution in [3.63, 3.8) is 0 Å². The highest BCUT2D eigenvalue weighted by Gasteiger charge is 2.34. The van der Waals surface area contributed by atoms with Crippen molar-refractivity contribution in [3.05, 3.63) is 0 Å². The Labute approximate surface area is 136 Å². The van der Waals surface area contributed by atoms with E-state index >= 15 is 0 Å². The fraction of sp³-hybridized carbons (Fsp3) is 0.944. The maximum atomic E-state index is 12.3. The van der Waals surface area contributed by atoms with E-state index in [2.05, 4.69) is 12.2 Å². The summed E-state index contributed by atoms with van der Waals surface area (Å²) in [6, 6.07) is 1.04. The minimum atomic E-state index is -0.408. The fourth-order valence-corrected chi connectivity index (χ4v) is 3.21. The lowest BCUT2D eigenvalue weighted by atomic mass is 10.0. The molecule has 128 valence electrons. The summed E-state index contributed by atoms with van der Waals surface area (Å²) in [6.07, 6.45) is 8.68. The summed E-state index contributed by atoms with van der Waals surface area (Å²) in [5.74, 6) is 0.872. The second-order valence-electron chi connectivity index (χ2n) is 8.17. The van der Waals surface area contributed by atoms with Crippen LogP contribution in [0.1, 0.15) is 72.6 Å². The molecule has 0 aromatic heterocycles. The Morgan fingerprint density at radius 1 is 1.14 bits per heavy atom. The van der Waals surface area contributed by atoms with E-state index in [1.807, 2.05) is 25.7 Å². The normalized spacial score (nSPS) is 26.4. The molecule has 0 saturated heterocycles. The lowest BCUT2D eigenvalue weighted by Gasteiger charge is -2.28. The lowest BCUT2D eigenvalue weighted by molar-refractivity contribution is 0.0234. The molecular weight excluding hydrogens is 276 g/mol. The number of nitrogens with zero attached hydrogens (tertiary/aromatic N) is 1. The third-order valence-electron chi connectivity index (χ3n) is 4.66. The SMILES string of the molecule is CC1CCCC(NCCN(C(=O)OC(C)(C)C)C2CC2)CC1. The Morgan fingerprint density at radius 3 is 2.50 bits per heavy atom. The van der Waals surface area contributed by atoms with Gasteiger partial charge in [-0.2, -0.15) is 0 Å². The number of hydrogen-bond acceptors (Lipinski definition) is 3. The zero-order chi connectivity index (χ0) is 16.2. The van der Waals surface area contributed by atoms with E-state index in [0.717, 1.165) is 31.8 Å². The predicted octanol–water partition coefficient (Wildman–Crippen LogP) is 3.94. The molecule has 4 heteroatoms. The Hall–Kier alpha value is -0.770. The molecule has 0 heterocycles. The van der Waals surface area contributed by atoms with Gasteiger partial charge < -0.3 is 15.0 Å². The van der Waals surface area contributed by atoms with Crippen LogP contribution in [0.2, 0.25) is 0 Å². The van der Waals surface area contributed by atoms with Crippen molar-refractivity contribution < 1.29 is 9.53 Å². The van der Waals surface area contributed by atoms with Gasteiger partial charge in [-0.25, -0.2) is 4.79 Å². The molecule has 22 heavy (non-hydrogen) atoms. The number of amides is 1. The standard InChI is InChI=1S/C18H34N2O2/c1-14-6-5-7-15(9-8-14)19-12-13-20(16-10-11-16)17(21)22-18(2,3)4/h14-16,19H,5-13H2,1-4H3. The quantitative estimate of drug-likeness (QED) is 0.782. The van der Waals surface area contributed by atoms with Gasteiger partial charge in [0.2, 0.25) is 0 Å². The van der Waals surface area contributed by atoms with Crippen LogP contribution in [-0.2, 0) is 4.74 Å². The molecule has 2 rings (SSSR count). The number of carbonyl (C=O) groups is 1. The first-order valence-corrected chi connectivity index (χ1v) is 9.08. The average molecular weight is 310 g/mol. The zero-order valence-electron chi connectivity index (χ0n) is 14.9. The second-order valence-corrected chi connectivity index (χ2v) is 8.17. The van der Waals surface area contributed by atoms with Gasteiger partial charge in [-0.3, -0.25) is 0 Å². The third kappa shape index (κ3) is 6.15. The van der Waals surface area contributed by atoms with Crippen LogP contribution in [-0.4, -0.2) is 41.8 Å². The molecule has 0 aliphatic heterocycles. The number of nitrogens with one attached hydrogen (secondary N) is 1. The highest BCUT2D eigenvalue weighted by Crippen LogP contribution is 2.28. The van der Waals surface area contributed by atoms with E-state index in [0.29, 0.717) is 12.1 Å². The second kappa shape index (κ2) is 7.67. The molecule has 2 aliphatic rings. The van der Waals surface area contributed by atoms with Crippen LogP contribution in [0.4, 0.5) is 4.79 Å². The number of hydrogen-bond donors (Lipinski definition) is 1. The van der Waals surface area contributed by atoms with Gasteiger partial charge in [0.1, 0.15) is 5.60 Å². The summed E-state index contributed by atoms with van der Waals surface area (Å²) in [5, 5.41) is 3.66. The minimum Gasteiger partial charge on any atom is -0.444 e. The van der Waals surface area contributed by atoms with Crippen LogP contribution >= 0.6 is 0 Å². The van der Waals surface area contributed by atoms with E-state index in [1.54, 1.807) is 0 Å². The van der Waals surface area contributed by atoms with Gasteiger partial charge in [0.25, 0.3) is 0 Å². The average Bonchev–Trinajstić information content (AvgIpc) is 3.21. The van der Waals surface area contributed by atoms with Crippen LogP contribution < -0.4 is 5.32 Å².